The molecule has 28 heavy (non-hydrogen) atoms. The molecular weight excluding hydrogens is 362 g/mol. The Morgan fingerprint density at radius 3 is 2.36 bits per heavy atom. The lowest BCUT2D eigenvalue weighted by Gasteiger charge is -2.39. The topological polar surface area (TPSA) is 93.0 Å². The molecule has 8 nitrogen and oxygen atoms in total. The molecule has 0 N–H and O–H groups in total. The number of nitro groups is 1. The van der Waals surface area contributed by atoms with Gasteiger partial charge in [-0.05, 0) is 50.2 Å². The molecule has 0 spiro atoms. The number of hydrogen-bond acceptors (Lipinski definition) is 5. The monoisotopic (exact) mass is 383 g/mol. The standard InChI is InChI=1S/C20H21N3O5/c1-3-28-18-10-8-16(9-11-18)22-13-12-21(14(2)19(22)24)20(25)15-4-6-17(7-5-15)23(26)27/h4-11,14H,3,12-13H2,1-2H3. The number of anilines is 1. The number of ether oxygens (including phenoxy) is 1. The largest absolute Gasteiger partial charge is 0.494 e. The number of carbonyl (C=O) groups is 2. The van der Waals surface area contributed by atoms with E-state index in [2.05, 4.69) is 0 Å². The van der Waals surface area contributed by atoms with Crippen molar-refractivity contribution in [2.45, 2.75) is 19.9 Å². The number of piperazine rings is 1. The summed E-state index contributed by atoms with van der Waals surface area (Å²) in [5.74, 6) is 0.242. The molecule has 2 aromatic carbocycles. The van der Waals surface area contributed by atoms with Crippen molar-refractivity contribution >= 4 is 23.2 Å². The van der Waals surface area contributed by atoms with Crippen LogP contribution in [0.3, 0.4) is 0 Å². The van der Waals surface area contributed by atoms with E-state index < -0.39 is 11.0 Å². The summed E-state index contributed by atoms with van der Waals surface area (Å²) in [6.07, 6.45) is 0. The van der Waals surface area contributed by atoms with Crippen LogP contribution in [0.25, 0.3) is 0 Å². The van der Waals surface area contributed by atoms with Crippen molar-refractivity contribution in [3.05, 3.63) is 64.2 Å². The van der Waals surface area contributed by atoms with Crippen molar-refractivity contribution < 1.29 is 19.2 Å². The van der Waals surface area contributed by atoms with E-state index >= 15 is 0 Å². The number of nitro benzene ring substituents is 1. The van der Waals surface area contributed by atoms with Gasteiger partial charge in [-0.1, -0.05) is 0 Å². The molecule has 0 aromatic heterocycles. The van der Waals surface area contributed by atoms with Crippen molar-refractivity contribution in [2.75, 3.05) is 24.6 Å². The average Bonchev–Trinajstić information content (AvgIpc) is 2.70. The van der Waals surface area contributed by atoms with Gasteiger partial charge in [-0.15, -0.1) is 0 Å². The highest BCUT2D eigenvalue weighted by atomic mass is 16.6. The van der Waals surface area contributed by atoms with E-state index in [0.29, 0.717) is 25.3 Å². The summed E-state index contributed by atoms with van der Waals surface area (Å²) >= 11 is 0. The molecule has 3 rings (SSSR count). The van der Waals surface area contributed by atoms with Crippen LogP contribution < -0.4 is 9.64 Å². The number of non-ortho nitro benzene ring substituents is 1. The third-order valence-corrected chi connectivity index (χ3v) is 4.70. The van der Waals surface area contributed by atoms with Gasteiger partial charge in [-0.2, -0.15) is 0 Å². The maximum absolute atomic E-state index is 12.8. The number of nitrogens with zero attached hydrogens (tertiary/aromatic N) is 3. The van der Waals surface area contributed by atoms with Gasteiger partial charge in [-0.25, -0.2) is 0 Å². The summed E-state index contributed by atoms with van der Waals surface area (Å²) in [5.41, 5.74) is 0.989. The van der Waals surface area contributed by atoms with Gasteiger partial charge in [0.25, 0.3) is 11.6 Å². The Morgan fingerprint density at radius 2 is 1.79 bits per heavy atom. The van der Waals surface area contributed by atoms with E-state index in [1.165, 1.54) is 29.2 Å². The first-order valence-corrected chi connectivity index (χ1v) is 9.02. The van der Waals surface area contributed by atoms with Crippen LogP contribution in [0.4, 0.5) is 11.4 Å². The first kappa shape index (κ1) is 19.3. The summed E-state index contributed by atoms with van der Waals surface area (Å²) < 4.78 is 5.42. The molecule has 0 saturated carbocycles. The van der Waals surface area contributed by atoms with Crippen LogP contribution in [0.1, 0.15) is 24.2 Å². The lowest BCUT2D eigenvalue weighted by Crippen LogP contribution is -2.57. The molecule has 8 heteroatoms. The van der Waals surface area contributed by atoms with Gasteiger partial charge in [0.15, 0.2) is 0 Å². The van der Waals surface area contributed by atoms with Crippen LogP contribution in [0.15, 0.2) is 48.5 Å². The fraction of sp³-hybridized carbons (Fsp3) is 0.300. The molecule has 1 aliphatic heterocycles. The molecule has 2 amide bonds. The van der Waals surface area contributed by atoms with Crippen molar-refractivity contribution in [1.82, 2.24) is 4.90 Å². The molecule has 1 aliphatic rings. The van der Waals surface area contributed by atoms with Crippen LogP contribution in [0.2, 0.25) is 0 Å². The van der Waals surface area contributed by atoms with E-state index in [-0.39, 0.29) is 17.5 Å². The van der Waals surface area contributed by atoms with Crippen molar-refractivity contribution in [2.24, 2.45) is 0 Å². The Labute approximate surface area is 162 Å². The predicted octanol–water partition coefficient (Wildman–Crippen LogP) is 2.87. The molecule has 1 heterocycles. The summed E-state index contributed by atoms with van der Waals surface area (Å²) in [6.45, 7) is 4.90. The minimum atomic E-state index is -0.636. The summed E-state index contributed by atoms with van der Waals surface area (Å²) in [5, 5.41) is 10.8. The number of amides is 2. The van der Waals surface area contributed by atoms with Gasteiger partial charge in [0.1, 0.15) is 11.8 Å². The van der Waals surface area contributed by atoms with Gasteiger partial charge >= 0.3 is 0 Å². The number of rotatable bonds is 5. The van der Waals surface area contributed by atoms with Crippen LogP contribution in [0, 0.1) is 10.1 Å². The zero-order valence-electron chi connectivity index (χ0n) is 15.7. The van der Waals surface area contributed by atoms with Crippen LogP contribution >= 0.6 is 0 Å². The van der Waals surface area contributed by atoms with Gasteiger partial charge in [0.05, 0.1) is 11.5 Å². The van der Waals surface area contributed by atoms with Gasteiger partial charge in [0, 0.05) is 36.5 Å². The van der Waals surface area contributed by atoms with E-state index in [1.54, 1.807) is 11.8 Å². The molecule has 1 saturated heterocycles. The Kier molecular flexibility index (Phi) is 5.58. The molecule has 0 bridgehead atoms. The SMILES string of the molecule is CCOc1ccc(N2CCN(C(=O)c3ccc([N+](=O)[O-])cc3)C(C)C2=O)cc1. The molecule has 1 fully saturated rings. The third kappa shape index (κ3) is 3.80. The van der Waals surface area contributed by atoms with Gasteiger partial charge in [0.2, 0.25) is 5.91 Å². The molecule has 0 radical (unpaired) electrons. The Balaban J connectivity index is 1.73. The molecular formula is C20H21N3O5. The van der Waals surface area contributed by atoms with Crippen LogP contribution in [0.5, 0.6) is 5.75 Å². The van der Waals surface area contributed by atoms with Crippen LogP contribution in [-0.4, -0.2) is 47.4 Å². The zero-order valence-corrected chi connectivity index (χ0v) is 15.7. The van der Waals surface area contributed by atoms with Crippen molar-refractivity contribution in [1.29, 1.82) is 0 Å². The summed E-state index contributed by atoms with van der Waals surface area (Å²) in [4.78, 5) is 39.0. The second-order valence-electron chi connectivity index (χ2n) is 6.40. The lowest BCUT2D eigenvalue weighted by atomic mass is 10.1. The fourth-order valence-corrected chi connectivity index (χ4v) is 3.18. The van der Waals surface area contributed by atoms with Crippen molar-refractivity contribution in [3.8, 4) is 5.75 Å². The quantitative estimate of drug-likeness (QED) is 0.585. The third-order valence-electron chi connectivity index (χ3n) is 4.70. The fourth-order valence-electron chi connectivity index (χ4n) is 3.18. The highest BCUT2D eigenvalue weighted by molar-refractivity contribution is 6.03. The highest BCUT2D eigenvalue weighted by Crippen LogP contribution is 2.24. The molecule has 0 aliphatic carbocycles. The minimum Gasteiger partial charge on any atom is -0.494 e. The van der Waals surface area contributed by atoms with E-state index in [1.807, 2.05) is 31.2 Å². The van der Waals surface area contributed by atoms with E-state index in [4.69, 9.17) is 4.74 Å². The average molecular weight is 383 g/mol. The van der Waals surface area contributed by atoms with Gasteiger partial charge in [-0.3, -0.25) is 19.7 Å². The maximum Gasteiger partial charge on any atom is 0.269 e. The van der Waals surface area contributed by atoms with E-state index in [9.17, 15) is 19.7 Å². The first-order chi connectivity index (χ1) is 13.4. The summed E-state index contributed by atoms with van der Waals surface area (Å²) in [7, 11) is 0. The first-order valence-electron chi connectivity index (χ1n) is 9.02. The second-order valence-corrected chi connectivity index (χ2v) is 6.40. The number of benzene rings is 2. The van der Waals surface area contributed by atoms with Crippen LogP contribution in [-0.2, 0) is 4.79 Å². The zero-order chi connectivity index (χ0) is 20.3. The Hall–Kier alpha value is -3.42. The Morgan fingerprint density at radius 1 is 1.14 bits per heavy atom. The lowest BCUT2D eigenvalue weighted by molar-refractivity contribution is -0.384. The number of hydrogen-bond donors (Lipinski definition) is 0. The predicted molar refractivity (Wildman–Crippen MR) is 104 cm³/mol. The smallest absolute Gasteiger partial charge is 0.269 e. The highest BCUT2D eigenvalue weighted by Gasteiger charge is 2.35. The molecule has 1 unspecified atom stereocenters. The Bertz CT molecular complexity index is 880. The maximum atomic E-state index is 12.8. The molecule has 2 aromatic rings. The van der Waals surface area contributed by atoms with Crippen molar-refractivity contribution in [3.63, 3.8) is 0 Å². The van der Waals surface area contributed by atoms with E-state index in [0.717, 1.165) is 11.4 Å². The van der Waals surface area contributed by atoms with Gasteiger partial charge < -0.3 is 14.5 Å². The summed E-state index contributed by atoms with van der Waals surface area (Å²) in [6, 6.07) is 12.0. The number of carbonyl (C=O) groups excluding carboxylic acids is 2. The molecule has 146 valence electrons. The second kappa shape index (κ2) is 8.08. The normalized spacial score (nSPS) is 16.8. The molecule has 1 atom stereocenters. The minimum absolute atomic E-state index is 0.0824.